The number of aryl methyl sites for hydroxylation is 1. The summed E-state index contributed by atoms with van der Waals surface area (Å²) in [5, 5.41) is 8.24. The van der Waals surface area contributed by atoms with Crippen LogP contribution in [0.1, 0.15) is 41.1 Å². The number of carbonyl (C=O) groups excluding carboxylic acids is 1. The molecule has 1 fully saturated rings. The molecule has 4 rings (SSSR count). The van der Waals surface area contributed by atoms with Gasteiger partial charge in [0.25, 0.3) is 0 Å². The van der Waals surface area contributed by atoms with E-state index >= 15 is 0 Å². The van der Waals surface area contributed by atoms with Gasteiger partial charge in [-0.05, 0) is 38.3 Å². The molecule has 1 aliphatic rings. The van der Waals surface area contributed by atoms with Gasteiger partial charge in [0.15, 0.2) is 0 Å². The third kappa shape index (κ3) is 3.84. The number of hydrogen-bond acceptors (Lipinski definition) is 4. The quantitative estimate of drug-likeness (QED) is 0.623. The molecule has 0 saturated carbocycles. The zero-order chi connectivity index (χ0) is 19.7. The average Bonchev–Trinajstić information content (AvgIpc) is 3.41. The molecule has 0 spiro atoms. The normalized spacial score (nSPS) is 14.0. The first-order valence-corrected chi connectivity index (χ1v) is 10.8. The largest absolute Gasteiger partial charge is 0.342 e. The molecule has 0 aliphatic carbocycles. The lowest BCUT2D eigenvalue weighted by Crippen LogP contribution is -2.29. The first-order valence-electron chi connectivity index (χ1n) is 9.54. The van der Waals surface area contributed by atoms with Crippen LogP contribution in [0.2, 0.25) is 5.02 Å². The summed E-state index contributed by atoms with van der Waals surface area (Å²) in [6.45, 7) is 5.82. The lowest BCUT2D eigenvalue weighted by Gasteiger charge is -2.13. The lowest BCUT2D eigenvalue weighted by atomic mass is 10.0. The number of thiazole rings is 1. The van der Waals surface area contributed by atoms with E-state index in [2.05, 4.69) is 11.9 Å². The van der Waals surface area contributed by atoms with Gasteiger partial charge >= 0.3 is 0 Å². The summed E-state index contributed by atoms with van der Waals surface area (Å²) in [6, 6.07) is 7.90. The Labute approximate surface area is 174 Å². The van der Waals surface area contributed by atoms with Crippen LogP contribution in [0.4, 0.5) is 0 Å². The van der Waals surface area contributed by atoms with Gasteiger partial charge in [-0.2, -0.15) is 5.10 Å². The molecule has 0 radical (unpaired) electrons. The van der Waals surface area contributed by atoms with Gasteiger partial charge in [0.1, 0.15) is 0 Å². The highest BCUT2D eigenvalue weighted by atomic mass is 35.5. The lowest BCUT2D eigenvalue weighted by molar-refractivity contribution is -0.129. The third-order valence-electron chi connectivity index (χ3n) is 5.28. The first-order chi connectivity index (χ1) is 13.5. The Morgan fingerprint density at radius 1 is 1.21 bits per heavy atom. The van der Waals surface area contributed by atoms with Gasteiger partial charge in [0.05, 0.1) is 17.8 Å². The van der Waals surface area contributed by atoms with Crippen molar-refractivity contribution in [2.45, 2.75) is 39.5 Å². The van der Waals surface area contributed by atoms with Gasteiger partial charge in [-0.25, -0.2) is 9.67 Å². The predicted molar refractivity (Wildman–Crippen MR) is 112 cm³/mol. The number of benzene rings is 1. The maximum atomic E-state index is 12.4. The van der Waals surface area contributed by atoms with Crippen LogP contribution in [-0.4, -0.2) is 38.7 Å². The van der Waals surface area contributed by atoms with E-state index in [4.69, 9.17) is 16.7 Å². The van der Waals surface area contributed by atoms with Crippen molar-refractivity contribution in [2.24, 2.45) is 0 Å². The number of amides is 1. The van der Waals surface area contributed by atoms with Crippen LogP contribution in [0.5, 0.6) is 0 Å². The molecule has 1 aromatic carbocycles. The van der Waals surface area contributed by atoms with Crippen molar-refractivity contribution < 1.29 is 4.79 Å². The van der Waals surface area contributed by atoms with Crippen LogP contribution in [-0.2, 0) is 17.6 Å². The summed E-state index contributed by atoms with van der Waals surface area (Å²) in [4.78, 5) is 19.0. The Kier molecular flexibility index (Phi) is 5.51. The Bertz CT molecular complexity index is 1000. The molecule has 0 bridgehead atoms. The zero-order valence-corrected chi connectivity index (χ0v) is 17.7. The van der Waals surface area contributed by atoms with E-state index in [0.29, 0.717) is 6.42 Å². The minimum Gasteiger partial charge on any atom is -0.342 e. The zero-order valence-electron chi connectivity index (χ0n) is 16.1. The van der Waals surface area contributed by atoms with Gasteiger partial charge in [0, 0.05) is 41.2 Å². The van der Waals surface area contributed by atoms with E-state index in [1.165, 1.54) is 11.3 Å². The number of carbonyl (C=O) groups is 1. The fraction of sp³-hybridized carbons (Fsp3) is 0.381. The van der Waals surface area contributed by atoms with Crippen molar-refractivity contribution in [2.75, 3.05) is 13.1 Å². The highest BCUT2D eigenvalue weighted by Gasteiger charge is 2.20. The van der Waals surface area contributed by atoms with Crippen molar-refractivity contribution in [1.29, 1.82) is 0 Å². The van der Waals surface area contributed by atoms with Crippen molar-refractivity contribution in [1.82, 2.24) is 19.7 Å². The molecule has 28 heavy (non-hydrogen) atoms. The Hall–Kier alpha value is -2.18. The highest BCUT2D eigenvalue weighted by molar-refractivity contribution is 7.12. The molecule has 5 nitrogen and oxygen atoms in total. The van der Waals surface area contributed by atoms with Crippen LogP contribution >= 0.6 is 22.9 Å². The molecule has 0 N–H and O–H groups in total. The standard InChI is InChI=1S/C21H23ClN4OS/c1-14-18(11-16-7-3-4-8-19(16)22)15(2)26(24-14)21-23-17(13-28-21)12-20(27)25-9-5-6-10-25/h3-4,7-8,13H,5-6,9-12H2,1-2H3. The second-order valence-electron chi connectivity index (χ2n) is 7.22. The molecule has 146 valence electrons. The van der Waals surface area contributed by atoms with Gasteiger partial charge < -0.3 is 4.90 Å². The number of hydrogen-bond donors (Lipinski definition) is 0. The van der Waals surface area contributed by atoms with Crippen LogP contribution < -0.4 is 0 Å². The number of aromatic nitrogens is 3. The minimum atomic E-state index is 0.169. The summed E-state index contributed by atoms with van der Waals surface area (Å²) < 4.78 is 1.88. The molecule has 0 atom stereocenters. The van der Waals surface area contributed by atoms with Crippen molar-refractivity contribution in [3.05, 3.63) is 62.9 Å². The molecule has 3 heterocycles. The first kappa shape index (κ1) is 19.2. The molecular weight excluding hydrogens is 392 g/mol. The van der Waals surface area contributed by atoms with Gasteiger partial charge in [-0.15, -0.1) is 11.3 Å². The fourth-order valence-electron chi connectivity index (χ4n) is 3.66. The predicted octanol–water partition coefficient (Wildman–Crippen LogP) is 4.35. The summed E-state index contributed by atoms with van der Waals surface area (Å²) >= 11 is 7.86. The Morgan fingerprint density at radius 2 is 1.96 bits per heavy atom. The van der Waals surface area contributed by atoms with Crippen LogP contribution in [0.3, 0.4) is 0 Å². The van der Waals surface area contributed by atoms with E-state index in [0.717, 1.165) is 70.7 Å². The maximum absolute atomic E-state index is 12.4. The summed E-state index contributed by atoms with van der Waals surface area (Å²) in [7, 11) is 0. The summed E-state index contributed by atoms with van der Waals surface area (Å²) in [5.41, 5.74) is 5.10. The van der Waals surface area contributed by atoms with Gasteiger partial charge in [-0.1, -0.05) is 29.8 Å². The molecule has 7 heteroatoms. The second kappa shape index (κ2) is 8.05. The summed E-state index contributed by atoms with van der Waals surface area (Å²) in [5.74, 6) is 0.169. The summed E-state index contributed by atoms with van der Waals surface area (Å²) in [6.07, 6.45) is 3.31. The number of nitrogens with zero attached hydrogens (tertiary/aromatic N) is 4. The van der Waals surface area contributed by atoms with E-state index in [1.807, 2.05) is 46.2 Å². The molecule has 0 unspecified atom stereocenters. The van der Waals surface area contributed by atoms with Crippen molar-refractivity contribution in [3.8, 4) is 5.13 Å². The number of likely N-dealkylation sites (tertiary alicyclic amines) is 1. The molecule has 1 saturated heterocycles. The Morgan fingerprint density at radius 3 is 2.71 bits per heavy atom. The third-order valence-corrected chi connectivity index (χ3v) is 6.51. The molecular formula is C21H23ClN4OS. The molecule has 2 aromatic heterocycles. The van der Waals surface area contributed by atoms with E-state index < -0.39 is 0 Å². The average molecular weight is 415 g/mol. The molecule has 1 aliphatic heterocycles. The smallest absolute Gasteiger partial charge is 0.228 e. The second-order valence-corrected chi connectivity index (χ2v) is 8.46. The topological polar surface area (TPSA) is 51.0 Å². The highest BCUT2D eigenvalue weighted by Crippen LogP contribution is 2.26. The maximum Gasteiger partial charge on any atom is 0.228 e. The monoisotopic (exact) mass is 414 g/mol. The fourth-order valence-corrected chi connectivity index (χ4v) is 4.68. The van der Waals surface area contributed by atoms with Crippen LogP contribution in [0.15, 0.2) is 29.6 Å². The Balaban J connectivity index is 1.54. The van der Waals surface area contributed by atoms with Crippen LogP contribution in [0.25, 0.3) is 5.13 Å². The van der Waals surface area contributed by atoms with Gasteiger partial charge in [-0.3, -0.25) is 4.79 Å². The number of halogens is 1. The SMILES string of the molecule is Cc1nn(-c2nc(CC(=O)N3CCCC3)cs2)c(C)c1Cc1ccccc1Cl. The van der Waals surface area contributed by atoms with Gasteiger partial charge in [0.2, 0.25) is 11.0 Å². The minimum absolute atomic E-state index is 0.169. The molecule has 1 amide bonds. The van der Waals surface area contributed by atoms with E-state index in [-0.39, 0.29) is 5.91 Å². The number of rotatable bonds is 5. The van der Waals surface area contributed by atoms with E-state index in [9.17, 15) is 4.79 Å². The van der Waals surface area contributed by atoms with Crippen molar-refractivity contribution >= 4 is 28.8 Å². The van der Waals surface area contributed by atoms with Crippen LogP contribution in [0, 0.1) is 13.8 Å². The van der Waals surface area contributed by atoms with Crippen molar-refractivity contribution in [3.63, 3.8) is 0 Å². The van der Waals surface area contributed by atoms with E-state index in [1.54, 1.807) is 0 Å². The molecule has 3 aromatic rings.